The number of pyridine rings is 1. The van der Waals surface area contributed by atoms with Crippen molar-refractivity contribution in [3.63, 3.8) is 0 Å². The summed E-state index contributed by atoms with van der Waals surface area (Å²) < 4.78 is 26.4. The fraction of sp³-hybridized carbons (Fsp3) is 0.444. The monoisotopic (exact) mass is 297 g/mol. The highest BCUT2D eigenvalue weighted by molar-refractivity contribution is 7.89. The van der Waals surface area contributed by atoms with Crippen molar-refractivity contribution in [2.24, 2.45) is 0 Å². The van der Waals surface area contributed by atoms with E-state index in [1.807, 2.05) is 0 Å². The number of nitrogens with one attached hydrogen (secondary N) is 2. The van der Waals surface area contributed by atoms with E-state index in [-0.39, 0.29) is 28.5 Å². The molecule has 0 aromatic carbocycles. The van der Waals surface area contributed by atoms with Gasteiger partial charge in [-0.3, -0.25) is 0 Å². The normalized spacial score (nSPS) is 19.9. The number of aromatic nitrogens is 1. The average molecular weight is 298 g/mol. The molecular weight excluding hydrogens is 285 g/mol. The summed E-state index contributed by atoms with van der Waals surface area (Å²) >= 11 is 5.80. The highest BCUT2D eigenvalue weighted by Gasteiger charge is 2.25. The number of hydrogen-bond acceptors (Lipinski definition) is 4. The smallest absolute Gasteiger partial charge is 0.259 e. The van der Waals surface area contributed by atoms with Crippen LogP contribution in [0.25, 0.3) is 0 Å². The van der Waals surface area contributed by atoms with E-state index in [0.29, 0.717) is 6.54 Å². The van der Waals surface area contributed by atoms with Gasteiger partial charge in [0.15, 0.2) is 5.03 Å². The van der Waals surface area contributed by atoms with E-state index in [2.05, 4.69) is 15.0 Å². The van der Waals surface area contributed by atoms with Gasteiger partial charge in [-0.05, 0) is 25.1 Å². The lowest BCUT2D eigenvalue weighted by molar-refractivity contribution is 0.556. The van der Waals surface area contributed by atoms with E-state index in [4.69, 9.17) is 11.6 Å². The highest BCUT2D eigenvalue weighted by Crippen LogP contribution is 2.18. The number of nitrogens with zero attached hydrogens (tertiary/aromatic N) is 1. The van der Waals surface area contributed by atoms with Gasteiger partial charge in [0.2, 0.25) is 0 Å². The molecule has 0 bridgehead atoms. The number of sulfonamides is 1. The second-order valence-corrected chi connectivity index (χ2v) is 5.64. The summed E-state index contributed by atoms with van der Waals surface area (Å²) in [6.07, 6.45) is 2.19. The molecule has 2 N–H and O–H groups in total. The third kappa shape index (κ3) is 3.53. The molecule has 2 heterocycles. The van der Waals surface area contributed by atoms with Crippen molar-refractivity contribution in [3.05, 3.63) is 23.4 Å². The van der Waals surface area contributed by atoms with Crippen LogP contribution in [-0.2, 0) is 10.0 Å². The Balaban J connectivity index is 0.00000144. The Morgan fingerprint density at radius 3 is 2.88 bits per heavy atom. The van der Waals surface area contributed by atoms with Crippen molar-refractivity contribution in [1.29, 1.82) is 0 Å². The minimum atomic E-state index is -3.61. The van der Waals surface area contributed by atoms with Gasteiger partial charge < -0.3 is 5.32 Å². The molecule has 1 fully saturated rings. The topological polar surface area (TPSA) is 71.1 Å². The minimum absolute atomic E-state index is 0. The van der Waals surface area contributed by atoms with Gasteiger partial charge in [0, 0.05) is 18.8 Å². The van der Waals surface area contributed by atoms with E-state index in [9.17, 15) is 8.42 Å². The van der Waals surface area contributed by atoms with Gasteiger partial charge in [0.1, 0.15) is 0 Å². The fourth-order valence-corrected chi connectivity index (χ4v) is 3.30. The molecule has 1 saturated heterocycles. The van der Waals surface area contributed by atoms with Crippen LogP contribution in [0.15, 0.2) is 23.4 Å². The van der Waals surface area contributed by atoms with Crippen LogP contribution < -0.4 is 10.0 Å². The molecule has 0 radical (unpaired) electrons. The SMILES string of the molecule is Cl.O=S(=O)(N[C@@H]1CCNC1)c1ncccc1Cl. The maximum Gasteiger partial charge on any atom is 0.259 e. The lowest BCUT2D eigenvalue weighted by atomic mass is 10.3. The first-order valence-corrected chi connectivity index (χ1v) is 6.79. The maximum absolute atomic E-state index is 11.9. The zero-order valence-electron chi connectivity index (χ0n) is 8.89. The van der Waals surface area contributed by atoms with Gasteiger partial charge in [-0.15, -0.1) is 12.4 Å². The molecule has 0 aliphatic carbocycles. The van der Waals surface area contributed by atoms with Gasteiger partial charge in [-0.25, -0.2) is 18.1 Å². The van der Waals surface area contributed by atoms with Crippen molar-refractivity contribution in [3.8, 4) is 0 Å². The lowest BCUT2D eigenvalue weighted by Gasteiger charge is -2.11. The van der Waals surface area contributed by atoms with Crippen LogP contribution in [-0.4, -0.2) is 32.5 Å². The Morgan fingerprint density at radius 1 is 1.53 bits per heavy atom. The van der Waals surface area contributed by atoms with Crippen LogP contribution in [0.2, 0.25) is 5.02 Å². The van der Waals surface area contributed by atoms with Gasteiger partial charge in [0.25, 0.3) is 10.0 Å². The number of rotatable bonds is 3. The number of halogens is 2. The first kappa shape index (κ1) is 14.7. The standard InChI is InChI=1S/C9H12ClN3O2S.ClH/c10-8-2-1-4-12-9(8)16(14,15)13-7-3-5-11-6-7;/h1-2,4,7,11,13H,3,5-6H2;1H/t7-;/m1./s1. The summed E-state index contributed by atoms with van der Waals surface area (Å²) in [5.41, 5.74) is 0. The minimum Gasteiger partial charge on any atom is -0.315 e. The lowest BCUT2D eigenvalue weighted by Crippen LogP contribution is -2.36. The molecule has 0 saturated carbocycles. The summed E-state index contributed by atoms with van der Waals surface area (Å²) in [6, 6.07) is 3.03. The summed E-state index contributed by atoms with van der Waals surface area (Å²) in [6.45, 7) is 1.47. The van der Waals surface area contributed by atoms with Gasteiger partial charge in [-0.1, -0.05) is 11.6 Å². The van der Waals surface area contributed by atoms with Crippen LogP contribution in [0.4, 0.5) is 0 Å². The van der Waals surface area contributed by atoms with Crippen LogP contribution in [0.3, 0.4) is 0 Å². The van der Waals surface area contributed by atoms with Crippen molar-refractivity contribution in [1.82, 2.24) is 15.0 Å². The van der Waals surface area contributed by atoms with Gasteiger partial charge >= 0.3 is 0 Å². The Labute approximate surface area is 111 Å². The zero-order chi connectivity index (χ0) is 11.6. The molecule has 5 nitrogen and oxygen atoms in total. The highest BCUT2D eigenvalue weighted by atomic mass is 35.5. The molecule has 96 valence electrons. The Bertz CT molecular complexity index is 475. The first-order chi connectivity index (χ1) is 7.59. The van der Waals surface area contributed by atoms with Crippen molar-refractivity contribution in [2.75, 3.05) is 13.1 Å². The molecule has 1 atom stereocenters. The van der Waals surface area contributed by atoms with E-state index in [0.717, 1.165) is 13.0 Å². The van der Waals surface area contributed by atoms with Gasteiger partial charge in [0.05, 0.1) is 5.02 Å². The second kappa shape index (κ2) is 5.97. The third-order valence-electron chi connectivity index (χ3n) is 2.36. The molecule has 1 aromatic heterocycles. The maximum atomic E-state index is 11.9. The Kier molecular flexibility index (Phi) is 5.15. The fourth-order valence-electron chi connectivity index (χ4n) is 1.60. The van der Waals surface area contributed by atoms with Crippen LogP contribution in [0, 0.1) is 0 Å². The molecule has 0 spiro atoms. The van der Waals surface area contributed by atoms with Crippen LogP contribution in [0.1, 0.15) is 6.42 Å². The predicted octanol–water partition coefficient (Wildman–Crippen LogP) is 0.797. The molecule has 2 rings (SSSR count). The van der Waals surface area contributed by atoms with Crippen molar-refractivity contribution < 1.29 is 8.42 Å². The Hall–Kier alpha value is -0.400. The van der Waals surface area contributed by atoms with Crippen LogP contribution >= 0.6 is 24.0 Å². The van der Waals surface area contributed by atoms with Crippen molar-refractivity contribution in [2.45, 2.75) is 17.5 Å². The molecule has 17 heavy (non-hydrogen) atoms. The zero-order valence-corrected chi connectivity index (χ0v) is 11.3. The molecule has 1 aromatic rings. The number of hydrogen-bond donors (Lipinski definition) is 2. The quantitative estimate of drug-likeness (QED) is 0.866. The molecular formula is C9H13Cl2N3O2S. The second-order valence-electron chi connectivity index (χ2n) is 3.60. The van der Waals surface area contributed by atoms with E-state index < -0.39 is 10.0 Å². The summed E-state index contributed by atoms with van der Waals surface area (Å²) in [7, 11) is -3.61. The summed E-state index contributed by atoms with van der Waals surface area (Å²) in [5.74, 6) is 0. The van der Waals surface area contributed by atoms with E-state index in [1.165, 1.54) is 12.3 Å². The van der Waals surface area contributed by atoms with E-state index in [1.54, 1.807) is 6.07 Å². The first-order valence-electron chi connectivity index (χ1n) is 4.93. The molecule has 1 aliphatic heterocycles. The van der Waals surface area contributed by atoms with Crippen LogP contribution in [0.5, 0.6) is 0 Å². The largest absolute Gasteiger partial charge is 0.315 e. The molecule has 0 amide bonds. The van der Waals surface area contributed by atoms with Crippen molar-refractivity contribution >= 4 is 34.0 Å². The average Bonchev–Trinajstić information content (AvgIpc) is 2.70. The third-order valence-corrected chi connectivity index (χ3v) is 4.26. The summed E-state index contributed by atoms with van der Waals surface area (Å²) in [5, 5.41) is 3.11. The molecule has 0 unspecified atom stereocenters. The summed E-state index contributed by atoms with van der Waals surface area (Å²) in [4.78, 5) is 3.79. The predicted molar refractivity (Wildman–Crippen MR) is 68.1 cm³/mol. The van der Waals surface area contributed by atoms with E-state index >= 15 is 0 Å². The molecule has 8 heteroatoms. The molecule has 1 aliphatic rings. The Morgan fingerprint density at radius 2 is 2.29 bits per heavy atom. The van der Waals surface area contributed by atoms with Gasteiger partial charge in [-0.2, -0.15) is 0 Å².